The van der Waals surface area contributed by atoms with Crippen molar-refractivity contribution in [1.82, 2.24) is 4.98 Å². The predicted octanol–water partition coefficient (Wildman–Crippen LogP) is 3.40. The van der Waals surface area contributed by atoms with Gasteiger partial charge in [0, 0.05) is 24.4 Å². The van der Waals surface area contributed by atoms with E-state index in [9.17, 15) is 0 Å². The van der Waals surface area contributed by atoms with Crippen molar-refractivity contribution in [3.63, 3.8) is 0 Å². The normalized spacial score (nSPS) is 22.8. The lowest BCUT2D eigenvalue weighted by atomic mass is 10.2. The molecule has 1 aromatic heterocycles. The molecular weight excluding hydrogens is 204 g/mol. The molecule has 3 rings (SSSR count). The van der Waals surface area contributed by atoms with Crippen LogP contribution in [0.5, 0.6) is 0 Å². The van der Waals surface area contributed by atoms with Gasteiger partial charge in [-0.3, -0.25) is 0 Å². The summed E-state index contributed by atoms with van der Waals surface area (Å²) in [5, 5.41) is 3.55. The molecule has 2 aliphatic rings. The molecule has 15 heavy (non-hydrogen) atoms. The third-order valence-corrected chi connectivity index (χ3v) is 4.30. The molecule has 1 aromatic rings. The molecule has 0 N–H and O–H groups in total. The van der Waals surface area contributed by atoms with Gasteiger partial charge >= 0.3 is 0 Å². The van der Waals surface area contributed by atoms with E-state index in [1.165, 1.54) is 62.4 Å². The second-order valence-electron chi connectivity index (χ2n) is 4.73. The maximum absolute atomic E-state index is 4.78. The van der Waals surface area contributed by atoms with Crippen LogP contribution in [0.3, 0.4) is 0 Å². The zero-order chi connectivity index (χ0) is 10.1. The summed E-state index contributed by atoms with van der Waals surface area (Å²) in [6.07, 6.45) is 8.22. The number of hydrogen-bond donors (Lipinski definition) is 0. The molecule has 0 bridgehead atoms. The van der Waals surface area contributed by atoms with E-state index < -0.39 is 0 Å². The molecular formula is C12H18N2S. The van der Waals surface area contributed by atoms with Gasteiger partial charge in [0.2, 0.25) is 0 Å². The van der Waals surface area contributed by atoms with Gasteiger partial charge in [0.25, 0.3) is 0 Å². The van der Waals surface area contributed by atoms with Gasteiger partial charge in [-0.1, -0.05) is 12.8 Å². The molecule has 2 fully saturated rings. The van der Waals surface area contributed by atoms with Crippen LogP contribution in [-0.2, 0) is 0 Å². The highest BCUT2D eigenvalue weighted by molar-refractivity contribution is 7.13. The Kier molecular flexibility index (Phi) is 2.65. The Morgan fingerprint density at radius 3 is 2.53 bits per heavy atom. The molecule has 3 heteroatoms. The quantitative estimate of drug-likeness (QED) is 0.762. The summed E-state index contributed by atoms with van der Waals surface area (Å²) in [4.78, 5) is 7.27. The van der Waals surface area contributed by atoms with Crippen molar-refractivity contribution in [2.24, 2.45) is 0 Å². The van der Waals surface area contributed by atoms with E-state index in [0.717, 1.165) is 5.92 Å². The van der Waals surface area contributed by atoms with E-state index >= 15 is 0 Å². The molecule has 82 valence electrons. The number of nitrogens with zero attached hydrogens (tertiary/aromatic N) is 2. The van der Waals surface area contributed by atoms with Gasteiger partial charge in [-0.15, -0.1) is 11.3 Å². The van der Waals surface area contributed by atoms with Crippen molar-refractivity contribution in [3.8, 4) is 0 Å². The minimum Gasteiger partial charge on any atom is -0.348 e. The van der Waals surface area contributed by atoms with E-state index in [4.69, 9.17) is 4.98 Å². The summed E-state index contributed by atoms with van der Waals surface area (Å²) >= 11 is 1.85. The number of aromatic nitrogens is 1. The van der Waals surface area contributed by atoms with Gasteiger partial charge in [0.1, 0.15) is 0 Å². The molecule has 2 nitrogen and oxygen atoms in total. The van der Waals surface area contributed by atoms with Crippen LogP contribution in [0.2, 0.25) is 0 Å². The van der Waals surface area contributed by atoms with Crippen LogP contribution in [-0.4, -0.2) is 18.1 Å². The summed E-state index contributed by atoms with van der Waals surface area (Å²) < 4.78 is 0. The molecule has 2 heterocycles. The van der Waals surface area contributed by atoms with Crippen LogP contribution < -0.4 is 4.90 Å². The zero-order valence-electron chi connectivity index (χ0n) is 9.11. The van der Waals surface area contributed by atoms with Crippen LogP contribution >= 0.6 is 11.3 Å². The van der Waals surface area contributed by atoms with Gasteiger partial charge in [-0.2, -0.15) is 0 Å². The molecule has 1 aliphatic carbocycles. The lowest BCUT2D eigenvalue weighted by Gasteiger charge is -2.18. The van der Waals surface area contributed by atoms with Gasteiger partial charge < -0.3 is 4.90 Å². The minimum atomic E-state index is 0.807. The van der Waals surface area contributed by atoms with E-state index in [0.29, 0.717) is 0 Å². The molecule has 0 amide bonds. The first kappa shape index (κ1) is 9.64. The van der Waals surface area contributed by atoms with Crippen molar-refractivity contribution in [3.05, 3.63) is 11.1 Å². The molecule has 0 radical (unpaired) electrons. The number of anilines is 1. The van der Waals surface area contributed by atoms with Crippen molar-refractivity contribution in [2.75, 3.05) is 18.0 Å². The van der Waals surface area contributed by atoms with Crippen molar-refractivity contribution < 1.29 is 0 Å². The van der Waals surface area contributed by atoms with Gasteiger partial charge in [-0.05, 0) is 25.7 Å². The predicted molar refractivity (Wildman–Crippen MR) is 64.8 cm³/mol. The highest BCUT2D eigenvalue weighted by atomic mass is 32.1. The summed E-state index contributed by atoms with van der Waals surface area (Å²) in [7, 11) is 0. The molecule has 1 saturated heterocycles. The Labute approximate surface area is 95.3 Å². The Hall–Kier alpha value is -0.570. The largest absolute Gasteiger partial charge is 0.348 e. The first-order valence-electron chi connectivity index (χ1n) is 6.14. The monoisotopic (exact) mass is 222 g/mol. The molecule has 0 aromatic carbocycles. The Morgan fingerprint density at radius 1 is 1.13 bits per heavy atom. The van der Waals surface area contributed by atoms with Crippen molar-refractivity contribution >= 4 is 16.5 Å². The highest BCUT2D eigenvalue weighted by Crippen LogP contribution is 2.41. The molecule has 0 spiro atoms. The average Bonchev–Trinajstić information content (AvgIpc) is 3.04. The van der Waals surface area contributed by atoms with Gasteiger partial charge in [-0.25, -0.2) is 4.98 Å². The highest BCUT2D eigenvalue weighted by Gasteiger charge is 2.26. The zero-order valence-corrected chi connectivity index (χ0v) is 9.93. The summed E-state index contributed by atoms with van der Waals surface area (Å²) in [6, 6.07) is 0. The fourth-order valence-corrected chi connectivity index (χ4v) is 3.21. The van der Waals surface area contributed by atoms with E-state index in [1.807, 2.05) is 11.3 Å². The first-order valence-corrected chi connectivity index (χ1v) is 7.02. The van der Waals surface area contributed by atoms with Crippen LogP contribution in [0.15, 0.2) is 5.38 Å². The lowest BCUT2D eigenvalue weighted by Crippen LogP contribution is -2.23. The smallest absolute Gasteiger partial charge is 0.185 e. The van der Waals surface area contributed by atoms with Crippen molar-refractivity contribution in [2.45, 2.75) is 44.4 Å². The summed E-state index contributed by atoms with van der Waals surface area (Å²) in [5.74, 6) is 0.807. The Bertz CT molecular complexity index is 322. The molecule has 1 saturated carbocycles. The van der Waals surface area contributed by atoms with E-state index in [1.54, 1.807) is 0 Å². The fraction of sp³-hybridized carbons (Fsp3) is 0.750. The number of rotatable bonds is 2. The van der Waals surface area contributed by atoms with E-state index in [2.05, 4.69) is 10.3 Å². The lowest BCUT2D eigenvalue weighted by molar-refractivity contribution is 0.726. The third kappa shape index (κ3) is 2.17. The van der Waals surface area contributed by atoms with Crippen LogP contribution in [0.25, 0.3) is 0 Å². The minimum absolute atomic E-state index is 0.807. The fourth-order valence-electron chi connectivity index (χ4n) is 2.25. The van der Waals surface area contributed by atoms with Crippen LogP contribution in [0, 0.1) is 0 Å². The summed E-state index contributed by atoms with van der Waals surface area (Å²) in [5.41, 5.74) is 1.36. The van der Waals surface area contributed by atoms with Crippen molar-refractivity contribution in [1.29, 1.82) is 0 Å². The maximum Gasteiger partial charge on any atom is 0.185 e. The molecule has 0 atom stereocenters. The Morgan fingerprint density at radius 2 is 1.87 bits per heavy atom. The molecule has 0 unspecified atom stereocenters. The second-order valence-corrected chi connectivity index (χ2v) is 5.57. The topological polar surface area (TPSA) is 16.1 Å². The maximum atomic E-state index is 4.78. The third-order valence-electron chi connectivity index (χ3n) is 3.38. The first-order chi connectivity index (χ1) is 7.43. The standard InChI is InChI=1S/C12H18N2S/c1-2-4-8-14(7-3-1)12-13-11(9-15-12)10-5-6-10/h9-10H,1-8H2. The van der Waals surface area contributed by atoms with Gasteiger partial charge in [0.05, 0.1) is 5.69 Å². The SMILES string of the molecule is c1sc(N2CCCCCC2)nc1C1CC1. The van der Waals surface area contributed by atoms with Crippen LogP contribution in [0.1, 0.15) is 50.1 Å². The average molecular weight is 222 g/mol. The summed E-state index contributed by atoms with van der Waals surface area (Å²) in [6.45, 7) is 2.44. The van der Waals surface area contributed by atoms with E-state index in [-0.39, 0.29) is 0 Å². The molecule has 1 aliphatic heterocycles. The number of hydrogen-bond acceptors (Lipinski definition) is 3. The number of thiazole rings is 1. The van der Waals surface area contributed by atoms with Crippen LogP contribution in [0.4, 0.5) is 5.13 Å². The Balaban J connectivity index is 1.72. The second kappa shape index (κ2) is 4.12. The van der Waals surface area contributed by atoms with Gasteiger partial charge in [0.15, 0.2) is 5.13 Å².